The fourth-order valence-corrected chi connectivity index (χ4v) is 7.55. The number of hydrogen-bond acceptors (Lipinski definition) is 4. The number of rotatable bonds is 5. The summed E-state index contributed by atoms with van der Waals surface area (Å²) in [6.45, 7) is 3.42. The van der Waals surface area contributed by atoms with E-state index in [1.165, 1.54) is 19.3 Å². The van der Waals surface area contributed by atoms with Crippen LogP contribution >= 0.6 is 11.3 Å². The Morgan fingerprint density at radius 1 is 0.882 bits per heavy atom. The summed E-state index contributed by atoms with van der Waals surface area (Å²) < 4.78 is 30.4. The van der Waals surface area contributed by atoms with Crippen molar-refractivity contribution in [2.45, 2.75) is 62.8 Å². The molecule has 7 heteroatoms. The Morgan fingerprint density at radius 2 is 1.56 bits per heavy atom. The first-order valence-corrected chi connectivity index (χ1v) is 14.7. The van der Waals surface area contributed by atoms with Crippen molar-refractivity contribution in [3.63, 3.8) is 0 Å². The van der Waals surface area contributed by atoms with E-state index in [0.717, 1.165) is 47.4 Å². The van der Waals surface area contributed by atoms with Crippen molar-refractivity contribution in [1.82, 2.24) is 8.87 Å². The lowest BCUT2D eigenvalue weighted by atomic mass is 9.95. The average molecular weight is 496 g/mol. The van der Waals surface area contributed by atoms with Gasteiger partial charge < -0.3 is 4.57 Å². The summed E-state index contributed by atoms with van der Waals surface area (Å²) in [5.41, 5.74) is 3.13. The van der Waals surface area contributed by atoms with Crippen LogP contribution in [0.3, 0.4) is 0 Å². The number of para-hydroxylation sites is 1. The van der Waals surface area contributed by atoms with E-state index >= 15 is 0 Å². The molecule has 0 radical (unpaired) electrons. The van der Waals surface area contributed by atoms with Gasteiger partial charge in [-0.05, 0) is 61.4 Å². The molecule has 2 aromatic carbocycles. The smallest absolute Gasteiger partial charge is 0.243 e. The fraction of sp³-hybridized carbons (Fsp3) is 0.444. The molecule has 2 fully saturated rings. The highest BCUT2D eigenvalue weighted by atomic mass is 32.2. The number of nitrogens with zero attached hydrogens (tertiary/aromatic N) is 3. The fourth-order valence-electron chi connectivity index (χ4n) is 5.09. The van der Waals surface area contributed by atoms with E-state index in [4.69, 9.17) is 4.99 Å². The Bertz CT molecular complexity index is 1260. The zero-order chi connectivity index (χ0) is 23.5. The minimum Gasteiger partial charge on any atom is -0.313 e. The third-order valence-corrected chi connectivity index (χ3v) is 9.95. The summed E-state index contributed by atoms with van der Waals surface area (Å²) in [5, 5.41) is 2.17. The van der Waals surface area contributed by atoms with E-state index in [2.05, 4.69) is 16.9 Å². The third kappa shape index (κ3) is 4.92. The highest BCUT2D eigenvalue weighted by molar-refractivity contribution is 7.89. The van der Waals surface area contributed by atoms with E-state index < -0.39 is 10.0 Å². The third-order valence-electron chi connectivity index (χ3n) is 7.19. The molecule has 1 aliphatic carbocycles. The summed E-state index contributed by atoms with van der Waals surface area (Å²) in [7, 11) is -3.44. The molecule has 0 unspecified atom stereocenters. The zero-order valence-corrected chi connectivity index (χ0v) is 21.4. The van der Waals surface area contributed by atoms with E-state index in [1.807, 2.05) is 42.5 Å². The number of sulfonamides is 1. The molecule has 1 aromatic heterocycles. The maximum atomic E-state index is 13.2. The molecule has 34 heavy (non-hydrogen) atoms. The Balaban J connectivity index is 1.49. The molecule has 2 aliphatic rings. The molecule has 0 amide bonds. The molecule has 0 atom stereocenters. The SMILES string of the molecule is CC1CCN(S(=O)(=O)c2ccc(-c3csc(=Nc4ccccc4)n3C3CCCCC3)cc2)CC1. The molecule has 180 valence electrons. The first kappa shape index (κ1) is 23.5. The summed E-state index contributed by atoms with van der Waals surface area (Å²) in [5.74, 6) is 0.596. The van der Waals surface area contributed by atoms with Crippen LogP contribution < -0.4 is 4.80 Å². The lowest BCUT2D eigenvalue weighted by molar-refractivity contribution is 0.288. The molecule has 0 bridgehead atoms. The average Bonchev–Trinajstić information content (AvgIpc) is 3.29. The van der Waals surface area contributed by atoms with Crippen LogP contribution in [0, 0.1) is 5.92 Å². The van der Waals surface area contributed by atoms with Crippen molar-refractivity contribution < 1.29 is 8.42 Å². The first-order chi connectivity index (χ1) is 16.5. The molecule has 1 saturated heterocycles. The Hall–Kier alpha value is -2.22. The Morgan fingerprint density at radius 3 is 2.24 bits per heavy atom. The monoisotopic (exact) mass is 495 g/mol. The first-order valence-electron chi connectivity index (χ1n) is 12.4. The summed E-state index contributed by atoms with van der Waals surface area (Å²) in [4.78, 5) is 6.36. The van der Waals surface area contributed by atoms with Crippen LogP contribution in [-0.2, 0) is 10.0 Å². The van der Waals surface area contributed by atoms with Gasteiger partial charge in [-0.1, -0.05) is 56.5 Å². The Labute approximate surface area is 206 Å². The topological polar surface area (TPSA) is 54.7 Å². The molecule has 5 nitrogen and oxygen atoms in total. The predicted octanol–water partition coefficient (Wildman–Crippen LogP) is 6.37. The minimum absolute atomic E-state index is 0.388. The lowest BCUT2D eigenvalue weighted by Gasteiger charge is -2.29. The summed E-state index contributed by atoms with van der Waals surface area (Å²) >= 11 is 1.66. The van der Waals surface area contributed by atoms with Gasteiger partial charge in [0.05, 0.1) is 16.3 Å². The van der Waals surface area contributed by atoms with Gasteiger partial charge in [0.25, 0.3) is 0 Å². The van der Waals surface area contributed by atoms with Crippen LogP contribution in [0.25, 0.3) is 11.3 Å². The van der Waals surface area contributed by atoms with Crippen LogP contribution in [-0.4, -0.2) is 30.4 Å². The quantitative estimate of drug-likeness (QED) is 0.413. The van der Waals surface area contributed by atoms with E-state index in [1.54, 1.807) is 27.8 Å². The lowest BCUT2D eigenvalue weighted by Crippen LogP contribution is -2.37. The second-order valence-electron chi connectivity index (χ2n) is 9.62. The molecule has 1 aliphatic heterocycles. The molecule has 0 N–H and O–H groups in total. The molecule has 5 rings (SSSR count). The van der Waals surface area contributed by atoms with Crippen molar-refractivity contribution in [1.29, 1.82) is 0 Å². The maximum absolute atomic E-state index is 13.2. The number of benzene rings is 2. The van der Waals surface area contributed by atoms with Crippen molar-refractivity contribution in [3.05, 3.63) is 64.8 Å². The highest BCUT2D eigenvalue weighted by Gasteiger charge is 2.28. The van der Waals surface area contributed by atoms with Gasteiger partial charge >= 0.3 is 0 Å². The van der Waals surface area contributed by atoms with Gasteiger partial charge in [-0.2, -0.15) is 4.31 Å². The van der Waals surface area contributed by atoms with Crippen LogP contribution in [0.4, 0.5) is 5.69 Å². The van der Waals surface area contributed by atoms with E-state index in [-0.39, 0.29) is 0 Å². The summed E-state index contributed by atoms with van der Waals surface area (Å²) in [6, 6.07) is 18.0. The van der Waals surface area contributed by atoms with Crippen molar-refractivity contribution in [2.75, 3.05) is 13.1 Å². The zero-order valence-electron chi connectivity index (χ0n) is 19.8. The molecule has 2 heterocycles. The Kier molecular flexibility index (Phi) is 7.04. The second kappa shape index (κ2) is 10.2. The van der Waals surface area contributed by atoms with Gasteiger partial charge in [0.1, 0.15) is 0 Å². The molecule has 3 aromatic rings. The van der Waals surface area contributed by atoms with Gasteiger partial charge in [-0.25, -0.2) is 13.4 Å². The number of thiazole rings is 1. The van der Waals surface area contributed by atoms with Crippen molar-refractivity contribution in [2.24, 2.45) is 10.9 Å². The van der Waals surface area contributed by atoms with Gasteiger partial charge in [0, 0.05) is 24.5 Å². The maximum Gasteiger partial charge on any atom is 0.243 e. The number of hydrogen-bond donors (Lipinski definition) is 0. The second-order valence-corrected chi connectivity index (χ2v) is 12.4. The highest BCUT2D eigenvalue weighted by Crippen LogP contribution is 2.33. The predicted molar refractivity (Wildman–Crippen MR) is 139 cm³/mol. The molecular weight excluding hydrogens is 462 g/mol. The minimum atomic E-state index is -3.44. The molecular formula is C27H33N3O2S2. The largest absolute Gasteiger partial charge is 0.313 e. The van der Waals surface area contributed by atoms with Gasteiger partial charge in [0.2, 0.25) is 10.0 Å². The van der Waals surface area contributed by atoms with Crippen LogP contribution in [0.2, 0.25) is 0 Å². The molecule has 1 saturated carbocycles. The summed E-state index contributed by atoms with van der Waals surface area (Å²) in [6.07, 6.45) is 7.95. The van der Waals surface area contributed by atoms with E-state index in [0.29, 0.717) is 29.9 Å². The van der Waals surface area contributed by atoms with Crippen LogP contribution in [0.5, 0.6) is 0 Å². The van der Waals surface area contributed by atoms with Gasteiger partial charge in [-0.3, -0.25) is 0 Å². The van der Waals surface area contributed by atoms with E-state index in [9.17, 15) is 8.42 Å². The van der Waals surface area contributed by atoms with Crippen LogP contribution in [0.1, 0.15) is 57.9 Å². The van der Waals surface area contributed by atoms with Gasteiger partial charge in [0.15, 0.2) is 4.80 Å². The van der Waals surface area contributed by atoms with Crippen molar-refractivity contribution in [3.8, 4) is 11.3 Å². The number of piperidine rings is 1. The normalized spacial score (nSPS) is 19.5. The molecule has 0 spiro atoms. The standard InChI is InChI=1S/C27H33N3O2S2/c1-21-16-18-29(19-17-21)34(31,32)25-14-12-22(13-15-25)26-20-33-27(28-23-8-4-2-5-9-23)30(26)24-10-6-3-7-11-24/h2,4-5,8-9,12-15,20-21,24H,3,6-7,10-11,16-19H2,1H3. The van der Waals surface area contributed by atoms with Gasteiger partial charge in [-0.15, -0.1) is 11.3 Å². The van der Waals surface area contributed by atoms with Crippen molar-refractivity contribution >= 4 is 27.0 Å². The van der Waals surface area contributed by atoms with Crippen LogP contribution in [0.15, 0.2) is 69.9 Å². The number of aromatic nitrogens is 1.